The quantitative estimate of drug-likeness (QED) is 0.753. The molecule has 21 heavy (non-hydrogen) atoms. The first-order chi connectivity index (χ1) is 10.0. The molecule has 112 valence electrons. The van der Waals surface area contributed by atoms with Gasteiger partial charge in [-0.25, -0.2) is 0 Å². The molecule has 0 saturated heterocycles. The van der Waals surface area contributed by atoms with Gasteiger partial charge in [-0.1, -0.05) is 29.8 Å². The van der Waals surface area contributed by atoms with Crippen LogP contribution in [0, 0.1) is 5.92 Å². The van der Waals surface area contributed by atoms with Crippen molar-refractivity contribution in [3.63, 3.8) is 0 Å². The number of halogens is 2. The third-order valence-corrected chi connectivity index (χ3v) is 3.78. The molecule has 1 aromatic heterocycles. The van der Waals surface area contributed by atoms with E-state index in [1.807, 2.05) is 30.3 Å². The lowest BCUT2D eigenvalue weighted by molar-refractivity contribution is 0.449. The summed E-state index contributed by atoms with van der Waals surface area (Å²) >= 11 is 6.86. The highest BCUT2D eigenvalue weighted by atomic mass is 79.9. The van der Waals surface area contributed by atoms with E-state index in [9.17, 15) is 0 Å². The molecule has 0 aliphatic carbocycles. The number of nitrogens with one attached hydrogen (secondary N) is 1. The molecule has 0 atom stereocenters. The Balaban J connectivity index is 1.95. The average Bonchev–Trinajstić information content (AvgIpc) is 2.43. The zero-order chi connectivity index (χ0) is 15.2. The molecule has 4 nitrogen and oxygen atoms in total. The molecule has 1 N–H and O–H groups in total. The van der Waals surface area contributed by atoms with Crippen molar-refractivity contribution in [3.8, 4) is 11.6 Å². The van der Waals surface area contributed by atoms with Crippen LogP contribution in [-0.2, 0) is 6.54 Å². The van der Waals surface area contributed by atoms with Gasteiger partial charge in [-0.3, -0.25) is 0 Å². The summed E-state index contributed by atoms with van der Waals surface area (Å²) in [6.07, 6.45) is 0. The summed E-state index contributed by atoms with van der Waals surface area (Å²) in [6, 6.07) is 9.45. The van der Waals surface area contributed by atoms with E-state index < -0.39 is 0 Å². The second-order valence-electron chi connectivity index (χ2n) is 5.06. The Morgan fingerprint density at radius 1 is 1.14 bits per heavy atom. The van der Waals surface area contributed by atoms with Crippen molar-refractivity contribution >= 4 is 31.9 Å². The Labute approximate surface area is 141 Å². The first kappa shape index (κ1) is 16.4. The monoisotopic (exact) mass is 413 g/mol. The van der Waals surface area contributed by atoms with Gasteiger partial charge in [0.25, 0.3) is 0 Å². The highest BCUT2D eigenvalue weighted by molar-refractivity contribution is 9.11. The fourth-order valence-electron chi connectivity index (χ4n) is 1.66. The fraction of sp³-hybridized carbons (Fsp3) is 0.333. The lowest BCUT2D eigenvalue weighted by Crippen LogP contribution is -2.19. The van der Waals surface area contributed by atoms with Crippen molar-refractivity contribution in [2.45, 2.75) is 20.4 Å². The molecule has 0 fully saturated rings. The van der Waals surface area contributed by atoms with Crippen molar-refractivity contribution < 1.29 is 4.74 Å². The van der Waals surface area contributed by atoms with Crippen molar-refractivity contribution in [1.82, 2.24) is 15.5 Å². The second-order valence-corrected chi connectivity index (χ2v) is 6.83. The molecular formula is C15H17Br2N3O. The van der Waals surface area contributed by atoms with Gasteiger partial charge in [0.1, 0.15) is 5.75 Å². The Bertz CT molecular complexity index is 588. The number of hydrogen-bond acceptors (Lipinski definition) is 4. The molecule has 0 bridgehead atoms. The molecule has 0 saturated carbocycles. The number of hydrogen-bond donors (Lipinski definition) is 1. The number of rotatable bonds is 6. The lowest BCUT2D eigenvalue weighted by atomic mass is 10.2. The number of aromatic nitrogens is 2. The van der Waals surface area contributed by atoms with E-state index in [2.05, 4.69) is 61.2 Å². The molecule has 0 aliphatic rings. The minimum absolute atomic E-state index is 0.477. The van der Waals surface area contributed by atoms with Gasteiger partial charge in [0.2, 0.25) is 5.88 Å². The molecular weight excluding hydrogens is 398 g/mol. The maximum Gasteiger partial charge on any atom is 0.238 e. The number of nitrogens with zero attached hydrogens (tertiary/aromatic N) is 2. The van der Waals surface area contributed by atoms with Gasteiger partial charge < -0.3 is 10.1 Å². The summed E-state index contributed by atoms with van der Waals surface area (Å²) in [6.45, 7) is 6.02. The van der Waals surface area contributed by atoms with Crippen molar-refractivity contribution in [3.05, 3.63) is 45.0 Å². The van der Waals surface area contributed by atoms with Gasteiger partial charge in [0, 0.05) is 17.1 Å². The van der Waals surface area contributed by atoms with E-state index >= 15 is 0 Å². The summed E-state index contributed by atoms with van der Waals surface area (Å²) in [5.74, 6) is 1.80. The van der Waals surface area contributed by atoms with E-state index in [1.165, 1.54) is 0 Å². The molecule has 0 unspecified atom stereocenters. The Morgan fingerprint density at radius 3 is 2.57 bits per heavy atom. The highest BCUT2D eigenvalue weighted by Crippen LogP contribution is 2.31. The smallest absolute Gasteiger partial charge is 0.238 e. The molecule has 2 rings (SSSR count). The molecule has 1 heterocycles. The Hall–Kier alpha value is -0.980. The minimum atomic E-state index is 0.477. The van der Waals surface area contributed by atoms with Crippen LogP contribution in [0.25, 0.3) is 0 Å². The maximum absolute atomic E-state index is 5.70. The SMILES string of the molecule is CC(C)CNCc1ccc(Oc2ccc(Br)cc2Br)nn1. The molecule has 1 aromatic carbocycles. The molecule has 0 spiro atoms. The molecule has 2 aromatic rings. The van der Waals surface area contributed by atoms with Gasteiger partial charge in [0.15, 0.2) is 0 Å². The van der Waals surface area contributed by atoms with Crippen LogP contribution in [-0.4, -0.2) is 16.7 Å². The molecule has 0 aliphatic heterocycles. The predicted molar refractivity (Wildman–Crippen MR) is 90.5 cm³/mol. The van der Waals surface area contributed by atoms with Crippen LogP contribution in [0.4, 0.5) is 0 Å². The van der Waals surface area contributed by atoms with E-state index in [4.69, 9.17) is 4.74 Å². The first-order valence-electron chi connectivity index (χ1n) is 6.71. The van der Waals surface area contributed by atoms with Crippen LogP contribution in [0.5, 0.6) is 11.6 Å². The third-order valence-electron chi connectivity index (χ3n) is 2.66. The van der Waals surface area contributed by atoms with Gasteiger partial charge in [-0.15, -0.1) is 5.10 Å². The largest absolute Gasteiger partial charge is 0.436 e. The molecule has 0 amide bonds. The highest BCUT2D eigenvalue weighted by Gasteiger charge is 2.05. The Kier molecular flexibility index (Phi) is 6.14. The minimum Gasteiger partial charge on any atom is -0.436 e. The van der Waals surface area contributed by atoms with Crippen molar-refractivity contribution in [2.75, 3.05) is 6.54 Å². The fourth-order valence-corrected chi connectivity index (χ4v) is 2.78. The molecule has 6 heteroatoms. The number of ether oxygens (including phenoxy) is 1. The van der Waals surface area contributed by atoms with Crippen LogP contribution >= 0.6 is 31.9 Å². The third kappa shape index (κ3) is 5.37. The van der Waals surface area contributed by atoms with Crippen LogP contribution in [0.1, 0.15) is 19.5 Å². The maximum atomic E-state index is 5.70. The van der Waals surface area contributed by atoms with E-state index in [0.29, 0.717) is 24.1 Å². The van der Waals surface area contributed by atoms with E-state index in [-0.39, 0.29) is 0 Å². The normalized spacial score (nSPS) is 10.9. The zero-order valence-electron chi connectivity index (χ0n) is 11.9. The second kappa shape index (κ2) is 7.87. The van der Waals surface area contributed by atoms with Crippen LogP contribution in [0.2, 0.25) is 0 Å². The van der Waals surface area contributed by atoms with Gasteiger partial charge in [-0.2, -0.15) is 5.10 Å². The van der Waals surface area contributed by atoms with Gasteiger partial charge >= 0.3 is 0 Å². The zero-order valence-corrected chi connectivity index (χ0v) is 15.1. The van der Waals surface area contributed by atoms with Crippen molar-refractivity contribution in [2.24, 2.45) is 5.92 Å². The molecule has 0 radical (unpaired) electrons. The van der Waals surface area contributed by atoms with Crippen LogP contribution in [0.15, 0.2) is 39.3 Å². The standard InChI is InChI=1S/C15H17Br2N3O/c1-10(2)8-18-9-12-4-6-15(20-19-12)21-14-5-3-11(16)7-13(14)17/h3-7,10,18H,8-9H2,1-2H3. The summed E-state index contributed by atoms with van der Waals surface area (Å²) in [5.41, 5.74) is 0.901. The predicted octanol–water partition coefficient (Wildman–Crippen LogP) is 4.54. The first-order valence-corrected chi connectivity index (χ1v) is 8.29. The Morgan fingerprint density at radius 2 is 1.95 bits per heavy atom. The van der Waals surface area contributed by atoms with Crippen LogP contribution in [0.3, 0.4) is 0 Å². The summed E-state index contributed by atoms with van der Waals surface area (Å²) in [7, 11) is 0. The topological polar surface area (TPSA) is 47.0 Å². The average molecular weight is 415 g/mol. The van der Waals surface area contributed by atoms with Crippen molar-refractivity contribution in [1.29, 1.82) is 0 Å². The van der Waals surface area contributed by atoms with Crippen LogP contribution < -0.4 is 10.1 Å². The van der Waals surface area contributed by atoms with Gasteiger partial charge in [0.05, 0.1) is 10.2 Å². The van der Waals surface area contributed by atoms with Gasteiger partial charge in [-0.05, 0) is 52.7 Å². The summed E-state index contributed by atoms with van der Waals surface area (Å²) in [4.78, 5) is 0. The van der Waals surface area contributed by atoms with E-state index in [1.54, 1.807) is 0 Å². The summed E-state index contributed by atoms with van der Waals surface area (Å²) < 4.78 is 7.55. The summed E-state index contributed by atoms with van der Waals surface area (Å²) in [5, 5.41) is 11.6. The number of benzene rings is 1. The van der Waals surface area contributed by atoms with E-state index in [0.717, 1.165) is 21.2 Å². The lowest BCUT2D eigenvalue weighted by Gasteiger charge is -2.08.